The van der Waals surface area contributed by atoms with E-state index < -0.39 is 5.97 Å². The molecule has 1 amide bonds. The maximum atomic E-state index is 12.7. The van der Waals surface area contributed by atoms with Gasteiger partial charge in [-0.3, -0.25) is 9.59 Å². The van der Waals surface area contributed by atoms with Gasteiger partial charge in [-0.05, 0) is 31.0 Å². The summed E-state index contributed by atoms with van der Waals surface area (Å²) in [5, 5.41) is 9.53. The van der Waals surface area contributed by atoms with Crippen LogP contribution in [0.2, 0.25) is 5.02 Å². The predicted molar refractivity (Wildman–Crippen MR) is 78.9 cm³/mol. The van der Waals surface area contributed by atoms with Gasteiger partial charge in [-0.25, -0.2) is 0 Å². The van der Waals surface area contributed by atoms with Gasteiger partial charge in [0.2, 0.25) is 0 Å². The van der Waals surface area contributed by atoms with E-state index in [9.17, 15) is 9.59 Å². The molecule has 1 N–H and O–H groups in total. The number of hydrogen-bond acceptors (Lipinski definition) is 3. The number of carbonyl (C=O) groups is 2. The van der Waals surface area contributed by atoms with E-state index in [0.29, 0.717) is 16.3 Å². The number of benzene rings is 1. The van der Waals surface area contributed by atoms with E-state index in [1.54, 1.807) is 18.2 Å². The standard InChI is InChI=1S/C15H18ClNO4/c1-21-13-8-10(16)6-7-12(13)15(20)17(9-14(18)19)11-4-2-3-5-11/h6-8,11H,2-5,9H2,1H3,(H,18,19). The molecule has 21 heavy (non-hydrogen) atoms. The number of carboxylic acids is 1. The second kappa shape index (κ2) is 6.80. The molecule has 0 radical (unpaired) electrons. The number of amides is 1. The summed E-state index contributed by atoms with van der Waals surface area (Å²) >= 11 is 5.89. The normalized spacial score (nSPS) is 15.0. The molecular formula is C15H18ClNO4. The number of halogens is 1. The Balaban J connectivity index is 2.30. The summed E-state index contributed by atoms with van der Waals surface area (Å²) in [6.07, 6.45) is 3.72. The van der Waals surface area contributed by atoms with Crippen molar-refractivity contribution in [3.05, 3.63) is 28.8 Å². The zero-order valence-corrected chi connectivity index (χ0v) is 12.6. The fraction of sp³-hybridized carbons (Fsp3) is 0.467. The van der Waals surface area contributed by atoms with Crippen LogP contribution in [0.1, 0.15) is 36.0 Å². The van der Waals surface area contributed by atoms with Crippen LogP contribution in [-0.2, 0) is 4.79 Å². The van der Waals surface area contributed by atoms with E-state index >= 15 is 0 Å². The van der Waals surface area contributed by atoms with Crippen LogP contribution in [0.4, 0.5) is 0 Å². The van der Waals surface area contributed by atoms with Gasteiger partial charge < -0.3 is 14.7 Å². The zero-order valence-electron chi connectivity index (χ0n) is 11.8. The van der Waals surface area contributed by atoms with Gasteiger partial charge in [0.05, 0.1) is 12.7 Å². The van der Waals surface area contributed by atoms with Crippen LogP contribution >= 0.6 is 11.6 Å². The maximum Gasteiger partial charge on any atom is 0.323 e. The minimum atomic E-state index is -1.01. The maximum absolute atomic E-state index is 12.7. The first-order valence-electron chi connectivity index (χ1n) is 6.89. The first-order chi connectivity index (χ1) is 10.0. The van der Waals surface area contributed by atoms with Crippen molar-refractivity contribution in [3.63, 3.8) is 0 Å². The van der Waals surface area contributed by atoms with E-state index in [2.05, 4.69) is 0 Å². The average Bonchev–Trinajstić information content (AvgIpc) is 2.97. The summed E-state index contributed by atoms with van der Waals surface area (Å²) in [7, 11) is 1.46. The van der Waals surface area contributed by atoms with Crippen LogP contribution < -0.4 is 4.74 Å². The third kappa shape index (κ3) is 3.67. The second-order valence-electron chi connectivity index (χ2n) is 5.11. The summed E-state index contributed by atoms with van der Waals surface area (Å²) in [6, 6.07) is 4.72. The molecule has 0 atom stereocenters. The molecule has 0 saturated heterocycles. The zero-order chi connectivity index (χ0) is 15.4. The Morgan fingerprint density at radius 3 is 2.62 bits per heavy atom. The SMILES string of the molecule is COc1cc(Cl)ccc1C(=O)N(CC(=O)O)C1CCCC1. The number of ether oxygens (including phenoxy) is 1. The Hall–Kier alpha value is -1.75. The van der Waals surface area contributed by atoms with Gasteiger partial charge in [0, 0.05) is 11.1 Å². The quantitative estimate of drug-likeness (QED) is 0.908. The summed E-state index contributed by atoms with van der Waals surface area (Å²) in [5.74, 6) is -0.970. The van der Waals surface area contributed by atoms with Gasteiger partial charge in [0.1, 0.15) is 12.3 Å². The van der Waals surface area contributed by atoms with Gasteiger partial charge in [-0.1, -0.05) is 24.4 Å². The molecular weight excluding hydrogens is 294 g/mol. The number of carboxylic acid groups (broad SMARTS) is 1. The lowest BCUT2D eigenvalue weighted by Gasteiger charge is -2.28. The van der Waals surface area contributed by atoms with Crippen LogP contribution in [0.3, 0.4) is 0 Å². The van der Waals surface area contributed by atoms with Gasteiger partial charge in [-0.2, -0.15) is 0 Å². The Labute approximate surface area is 128 Å². The molecule has 1 aromatic rings. The van der Waals surface area contributed by atoms with Crippen molar-refractivity contribution in [1.29, 1.82) is 0 Å². The molecule has 0 bridgehead atoms. The van der Waals surface area contributed by atoms with E-state index in [1.165, 1.54) is 12.0 Å². The highest BCUT2D eigenvalue weighted by molar-refractivity contribution is 6.30. The van der Waals surface area contributed by atoms with Crippen molar-refractivity contribution in [3.8, 4) is 5.75 Å². The highest BCUT2D eigenvalue weighted by atomic mass is 35.5. The summed E-state index contributed by atoms with van der Waals surface area (Å²) in [5.41, 5.74) is 0.343. The minimum Gasteiger partial charge on any atom is -0.496 e. The van der Waals surface area contributed by atoms with Crippen LogP contribution in [0.25, 0.3) is 0 Å². The van der Waals surface area contributed by atoms with Crippen LogP contribution in [-0.4, -0.2) is 41.6 Å². The van der Waals surface area contributed by atoms with Crippen molar-refractivity contribution < 1.29 is 19.4 Å². The summed E-state index contributed by atoms with van der Waals surface area (Å²) in [4.78, 5) is 25.2. The Morgan fingerprint density at radius 2 is 2.05 bits per heavy atom. The fourth-order valence-electron chi connectivity index (χ4n) is 2.72. The molecule has 2 rings (SSSR count). The highest BCUT2D eigenvalue weighted by Gasteiger charge is 2.30. The molecule has 0 aromatic heterocycles. The predicted octanol–water partition coefficient (Wildman–Crippen LogP) is 2.82. The number of aliphatic carboxylic acids is 1. The molecule has 0 aliphatic heterocycles. The van der Waals surface area contributed by atoms with Crippen molar-refractivity contribution in [2.75, 3.05) is 13.7 Å². The largest absolute Gasteiger partial charge is 0.496 e. The topological polar surface area (TPSA) is 66.8 Å². The lowest BCUT2D eigenvalue weighted by molar-refractivity contribution is -0.138. The third-order valence-corrected chi connectivity index (χ3v) is 3.96. The van der Waals surface area contributed by atoms with Crippen molar-refractivity contribution in [2.45, 2.75) is 31.7 Å². The molecule has 1 saturated carbocycles. The highest BCUT2D eigenvalue weighted by Crippen LogP contribution is 2.29. The van der Waals surface area contributed by atoms with Gasteiger partial charge in [0.15, 0.2) is 0 Å². The Bertz CT molecular complexity index is 540. The van der Waals surface area contributed by atoms with E-state index in [1.807, 2.05) is 0 Å². The number of nitrogens with zero attached hydrogens (tertiary/aromatic N) is 1. The van der Waals surface area contributed by atoms with Crippen LogP contribution in [0.15, 0.2) is 18.2 Å². The molecule has 1 aliphatic rings. The Kier molecular flexibility index (Phi) is 5.07. The second-order valence-corrected chi connectivity index (χ2v) is 5.55. The van der Waals surface area contributed by atoms with Gasteiger partial charge >= 0.3 is 5.97 Å². The van der Waals surface area contributed by atoms with Gasteiger partial charge in [-0.15, -0.1) is 0 Å². The van der Waals surface area contributed by atoms with Crippen LogP contribution in [0.5, 0.6) is 5.75 Å². The van der Waals surface area contributed by atoms with Crippen LogP contribution in [0, 0.1) is 0 Å². The minimum absolute atomic E-state index is 0.0195. The van der Waals surface area contributed by atoms with E-state index in [-0.39, 0.29) is 18.5 Å². The molecule has 1 fully saturated rings. The number of hydrogen-bond donors (Lipinski definition) is 1. The van der Waals surface area contributed by atoms with Crippen molar-refractivity contribution in [2.24, 2.45) is 0 Å². The first-order valence-corrected chi connectivity index (χ1v) is 7.27. The van der Waals surface area contributed by atoms with Gasteiger partial charge in [0.25, 0.3) is 5.91 Å². The molecule has 0 spiro atoms. The number of carbonyl (C=O) groups excluding carboxylic acids is 1. The average molecular weight is 312 g/mol. The third-order valence-electron chi connectivity index (χ3n) is 3.73. The molecule has 114 valence electrons. The Morgan fingerprint density at radius 1 is 1.38 bits per heavy atom. The molecule has 1 aromatic carbocycles. The van der Waals surface area contributed by atoms with Crippen molar-refractivity contribution >= 4 is 23.5 Å². The van der Waals surface area contributed by atoms with E-state index in [0.717, 1.165) is 25.7 Å². The summed E-state index contributed by atoms with van der Waals surface area (Å²) < 4.78 is 5.19. The fourth-order valence-corrected chi connectivity index (χ4v) is 2.89. The monoisotopic (exact) mass is 311 g/mol. The molecule has 5 nitrogen and oxygen atoms in total. The number of methoxy groups -OCH3 is 1. The van der Waals surface area contributed by atoms with E-state index in [4.69, 9.17) is 21.4 Å². The molecule has 1 aliphatic carbocycles. The first kappa shape index (κ1) is 15.6. The van der Waals surface area contributed by atoms with Crippen molar-refractivity contribution in [1.82, 2.24) is 4.90 Å². The number of rotatable bonds is 5. The lowest BCUT2D eigenvalue weighted by atomic mass is 10.1. The summed E-state index contributed by atoms with van der Waals surface area (Å²) in [6.45, 7) is -0.296. The smallest absolute Gasteiger partial charge is 0.323 e. The molecule has 6 heteroatoms. The molecule has 0 heterocycles. The lowest BCUT2D eigenvalue weighted by Crippen LogP contribution is -2.42. The molecule has 0 unspecified atom stereocenters.